The van der Waals surface area contributed by atoms with E-state index in [1.165, 1.54) is 12.1 Å². The predicted molar refractivity (Wildman–Crippen MR) is 173 cm³/mol. The van der Waals surface area contributed by atoms with Crippen LogP contribution in [0.3, 0.4) is 0 Å². The molecule has 9 heteroatoms. The highest BCUT2D eigenvalue weighted by molar-refractivity contribution is 5.96. The summed E-state index contributed by atoms with van der Waals surface area (Å²) in [5, 5.41) is 80.2. The second-order valence-electron chi connectivity index (χ2n) is 17.6. The van der Waals surface area contributed by atoms with Crippen LogP contribution in [0.5, 0.6) is 11.5 Å². The molecule has 5 aliphatic carbocycles. The lowest BCUT2D eigenvalue weighted by atomic mass is 9.37. The Balaban J connectivity index is 1.37. The van der Waals surface area contributed by atoms with Crippen LogP contribution in [-0.2, 0) is 9.53 Å². The highest BCUT2D eigenvalue weighted by atomic mass is 16.5. The molecule has 14 unspecified atom stereocenters. The summed E-state index contributed by atoms with van der Waals surface area (Å²) in [5.74, 6) is -3.16. The van der Waals surface area contributed by atoms with Crippen LogP contribution in [0.15, 0.2) is 29.8 Å². The lowest BCUT2D eigenvalue weighted by Crippen LogP contribution is -2.68. The number of phenolic OH excluding ortho intramolecular Hbond substituents is 2. The molecule has 1 spiro atoms. The van der Waals surface area contributed by atoms with E-state index in [0.29, 0.717) is 17.6 Å². The van der Waals surface area contributed by atoms with Gasteiger partial charge < -0.3 is 40.5 Å². The molecule has 6 aliphatic rings. The molecule has 1 heterocycles. The summed E-state index contributed by atoms with van der Waals surface area (Å²) in [5.41, 5.74) is -3.81. The van der Waals surface area contributed by atoms with Crippen molar-refractivity contribution in [3.63, 3.8) is 0 Å². The molecule has 14 atom stereocenters. The number of benzene rings is 1. The number of carbonyl (C=O) groups excluding carboxylic acids is 1. The fraction of sp³-hybridized carbons (Fsp3) is 0.763. The minimum Gasteiger partial charge on any atom is -0.504 e. The minimum atomic E-state index is -1.47. The molecule has 1 aromatic carbocycles. The molecule has 7 N–H and O–H groups in total. The Morgan fingerprint density at radius 3 is 2.23 bits per heavy atom. The standard InChI is InChI=1S/C38H54O9/c1-18(2)19(3)29(43)33-36(6,45)32-26(47-33)16-38(46)21-14-24(41)28-27(20-9-10-22(39)23(40)13-20)30(44)25(42)15-34(28,4)31(21)37(11-7-8-12-37)17-35(32,38)5/h9-10,13-14,18-19,25-33,39-40,42-46H,7-8,11-12,15-17H2,1-6H3. The van der Waals surface area contributed by atoms with E-state index in [9.17, 15) is 40.5 Å². The van der Waals surface area contributed by atoms with E-state index in [1.807, 2.05) is 34.6 Å². The third-order valence-corrected chi connectivity index (χ3v) is 14.8. The number of fused-ring (bicyclic) bond motifs is 8. The van der Waals surface area contributed by atoms with Gasteiger partial charge in [0.2, 0.25) is 0 Å². The molecule has 1 saturated heterocycles. The summed E-state index contributed by atoms with van der Waals surface area (Å²) >= 11 is 0. The number of allylic oxidation sites excluding steroid dienone is 1. The van der Waals surface area contributed by atoms with Gasteiger partial charge in [-0.25, -0.2) is 0 Å². The van der Waals surface area contributed by atoms with Crippen LogP contribution < -0.4 is 0 Å². The molecule has 47 heavy (non-hydrogen) atoms. The van der Waals surface area contributed by atoms with E-state index >= 15 is 0 Å². The Morgan fingerprint density at radius 2 is 1.62 bits per heavy atom. The van der Waals surface area contributed by atoms with Gasteiger partial charge in [0.25, 0.3) is 0 Å². The van der Waals surface area contributed by atoms with Crippen LogP contribution in [0.4, 0.5) is 0 Å². The molecule has 0 bridgehead atoms. The van der Waals surface area contributed by atoms with Gasteiger partial charge in [-0.2, -0.15) is 0 Å². The first kappa shape index (κ1) is 33.5. The Bertz CT molecular complexity index is 1480. The normalized spacial score (nSPS) is 48.1. The maximum absolute atomic E-state index is 14.6. The van der Waals surface area contributed by atoms with Gasteiger partial charge in [-0.3, -0.25) is 4.79 Å². The van der Waals surface area contributed by atoms with E-state index in [-0.39, 0.29) is 53.3 Å². The largest absolute Gasteiger partial charge is 0.504 e. The second-order valence-corrected chi connectivity index (χ2v) is 17.6. The van der Waals surface area contributed by atoms with E-state index in [2.05, 4.69) is 0 Å². The number of aromatic hydroxyl groups is 2. The van der Waals surface area contributed by atoms with Gasteiger partial charge in [-0.1, -0.05) is 53.5 Å². The topological polar surface area (TPSA) is 168 Å². The smallest absolute Gasteiger partial charge is 0.160 e. The molecule has 0 aromatic heterocycles. The van der Waals surface area contributed by atoms with Crippen LogP contribution in [-0.4, -0.2) is 83.3 Å². The highest BCUT2D eigenvalue weighted by Gasteiger charge is 2.79. The quantitative estimate of drug-likeness (QED) is 0.238. The minimum absolute atomic E-state index is 0.110. The van der Waals surface area contributed by atoms with Crippen LogP contribution in [0.25, 0.3) is 0 Å². The van der Waals surface area contributed by atoms with Crippen molar-refractivity contribution in [1.29, 1.82) is 0 Å². The van der Waals surface area contributed by atoms with E-state index in [0.717, 1.165) is 25.7 Å². The van der Waals surface area contributed by atoms with Gasteiger partial charge in [0.05, 0.1) is 35.6 Å². The zero-order valence-electron chi connectivity index (χ0n) is 28.6. The Morgan fingerprint density at radius 1 is 0.957 bits per heavy atom. The van der Waals surface area contributed by atoms with Gasteiger partial charge in [-0.15, -0.1) is 0 Å². The molecule has 9 nitrogen and oxygen atoms in total. The van der Waals surface area contributed by atoms with Crippen molar-refractivity contribution in [3.8, 4) is 11.5 Å². The summed E-state index contributed by atoms with van der Waals surface area (Å²) in [6.45, 7) is 11.9. The number of aliphatic hydroxyl groups excluding tert-OH is 3. The number of ether oxygens (including phenoxy) is 1. The highest BCUT2D eigenvalue weighted by Crippen LogP contribution is 2.77. The maximum atomic E-state index is 14.6. The third-order valence-electron chi connectivity index (χ3n) is 14.8. The van der Waals surface area contributed by atoms with Gasteiger partial charge in [0.15, 0.2) is 17.3 Å². The summed E-state index contributed by atoms with van der Waals surface area (Å²) in [6.07, 6.45) is 1.67. The molecule has 4 saturated carbocycles. The average molecular weight is 655 g/mol. The monoisotopic (exact) mass is 654 g/mol. The average Bonchev–Trinajstić information content (AvgIpc) is 3.61. The van der Waals surface area contributed by atoms with Crippen LogP contribution in [0.1, 0.15) is 98.0 Å². The van der Waals surface area contributed by atoms with Crippen molar-refractivity contribution in [2.45, 2.75) is 134 Å². The Kier molecular flexibility index (Phi) is 7.48. The number of rotatable bonds is 4. The zero-order chi connectivity index (χ0) is 34.2. The molecule has 1 aromatic rings. The Hall–Kier alpha value is -2.01. The third kappa shape index (κ3) is 4.26. The summed E-state index contributed by atoms with van der Waals surface area (Å²) in [6, 6.07) is 4.30. The van der Waals surface area contributed by atoms with Crippen LogP contribution in [0, 0.1) is 45.8 Å². The number of ketones is 1. The van der Waals surface area contributed by atoms with Crippen molar-refractivity contribution >= 4 is 5.78 Å². The molecule has 1 aliphatic heterocycles. The van der Waals surface area contributed by atoms with E-state index in [1.54, 1.807) is 19.1 Å². The first-order chi connectivity index (χ1) is 21.8. The molecular formula is C38H54O9. The van der Waals surface area contributed by atoms with Crippen molar-refractivity contribution in [2.24, 2.45) is 45.8 Å². The van der Waals surface area contributed by atoms with Gasteiger partial charge in [0.1, 0.15) is 6.10 Å². The number of hydrogen-bond acceptors (Lipinski definition) is 9. The number of carbonyl (C=O) groups is 1. The predicted octanol–water partition coefficient (Wildman–Crippen LogP) is 3.95. The van der Waals surface area contributed by atoms with Crippen LogP contribution in [0.2, 0.25) is 0 Å². The molecule has 260 valence electrons. The molecule has 0 amide bonds. The fourth-order valence-corrected chi connectivity index (χ4v) is 12.7. The van der Waals surface area contributed by atoms with E-state index < -0.39 is 70.3 Å². The van der Waals surface area contributed by atoms with Gasteiger partial charge >= 0.3 is 0 Å². The van der Waals surface area contributed by atoms with Crippen molar-refractivity contribution in [2.75, 3.05) is 0 Å². The second kappa shape index (κ2) is 10.5. The Labute approximate surface area is 277 Å². The first-order valence-corrected chi connectivity index (χ1v) is 17.8. The maximum Gasteiger partial charge on any atom is 0.160 e. The van der Waals surface area contributed by atoms with E-state index in [4.69, 9.17) is 4.74 Å². The lowest BCUT2D eigenvalue weighted by Gasteiger charge is -2.67. The molecular weight excluding hydrogens is 600 g/mol. The molecule has 0 radical (unpaired) electrons. The summed E-state index contributed by atoms with van der Waals surface area (Å²) < 4.78 is 6.58. The number of aliphatic hydroxyl groups is 5. The van der Waals surface area contributed by atoms with Crippen molar-refractivity contribution in [3.05, 3.63) is 35.4 Å². The fourth-order valence-electron chi connectivity index (χ4n) is 12.7. The lowest BCUT2D eigenvalue weighted by molar-refractivity contribution is -0.203. The van der Waals surface area contributed by atoms with Crippen LogP contribution >= 0.6 is 0 Å². The number of hydrogen-bond donors (Lipinski definition) is 7. The summed E-state index contributed by atoms with van der Waals surface area (Å²) in [7, 11) is 0. The number of phenols is 2. The summed E-state index contributed by atoms with van der Waals surface area (Å²) in [4.78, 5) is 14.6. The van der Waals surface area contributed by atoms with Gasteiger partial charge in [-0.05, 0) is 90.5 Å². The zero-order valence-corrected chi connectivity index (χ0v) is 28.6. The van der Waals surface area contributed by atoms with Crippen molar-refractivity contribution in [1.82, 2.24) is 0 Å². The molecule has 7 rings (SSSR count). The molecule has 5 fully saturated rings. The SMILES string of the molecule is CC(C)C(C)C(O)C1OC2CC3(O)C4=CC(=O)C5C(c6ccc(O)c(O)c6)C(O)C(O)CC5(C)C4C4(CCCC4)CC3(C)C2C1(C)O. The first-order valence-electron chi connectivity index (χ1n) is 17.8. The van der Waals surface area contributed by atoms with Gasteiger partial charge in [0, 0.05) is 29.6 Å². The van der Waals surface area contributed by atoms with Crippen molar-refractivity contribution < 1.29 is 45.3 Å².